The summed E-state index contributed by atoms with van der Waals surface area (Å²) in [5.41, 5.74) is -0.309. The molecule has 1 aromatic rings. The summed E-state index contributed by atoms with van der Waals surface area (Å²) in [4.78, 5) is 10.1. The number of nitrogens with one attached hydrogen (secondary N) is 1. The van der Waals surface area contributed by atoms with Crippen molar-refractivity contribution in [2.45, 2.75) is 30.8 Å². The number of aromatic carboxylic acids is 1. The highest BCUT2D eigenvalue weighted by Gasteiger charge is 2.20. The molecule has 1 unspecified atom stereocenters. The molecule has 0 aliphatic heterocycles. The zero-order valence-electron chi connectivity index (χ0n) is 10.8. The van der Waals surface area contributed by atoms with Crippen molar-refractivity contribution in [1.82, 2.24) is 4.72 Å². The van der Waals surface area contributed by atoms with E-state index in [1.54, 1.807) is 6.92 Å². The van der Waals surface area contributed by atoms with Crippen LogP contribution in [-0.4, -0.2) is 37.2 Å². The van der Waals surface area contributed by atoms with Crippen LogP contribution in [0.2, 0.25) is 0 Å². The minimum atomic E-state index is -4.11. The maximum Gasteiger partial charge on any atom is 0.335 e. The van der Waals surface area contributed by atoms with Gasteiger partial charge in [0.1, 0.15) is 10.7 Å². The van der Waals surface area contributed by atoms with Crippen LogP contribution in [-0.2, 0) is 10.0 Å². The number of benzene rings is 1. The number of aliphatic hydroxyl groups is 1. The third kappa shape index (κ3) is 4.55. The quantitative estimate of drug-likeness (QED) is 0.651. The van der Waals surface area contributed by atoms with E-state index in [1.807, 2.05) is 0 Å². The number of carboxylic acids is 1. The number of sulfonamides is 1. The maximum atomic E-state index is 13.5. The van der Waals surface area contributed by atoms with Crippen molar-refractivity contribution in [3.05, 3.63) is 29.6 Å². The lowest BCUT2D eigenvalue weighted by atomic mass is 10.2. The van der Waals surface area contributed by atoms with Crippen LogP contribution >= 0.6 is 0 Å². The standard InChI is InChI=1S/C12H16FNO5S/c1-8(15)3-2-6-14-20(18,19)11-7-9(12(16)17)4-5-10(11)13/h4-5,7-8,14-15H,2-3,6H2,1H3,(H,16,17). The van der Waals surface area contributed by atoms with Gasteiger partial charge in [-0.1, -0.05) is 0 Å². The Kier molecular flexibility index (Phi) is 5.61. The molecular weight excluding hydrogens is 289 g/mol. The van der Waals surface area contributed by atoms with Gasteiger partial charge in [0.25, 0.3) is 0 Å². The van der Waals surface area contributed by atoms with E-state index < -0.39 is 32.8 Å². The fourth-order valence-corrected chi connectivity index (χ4v) is 2.70. The Balaban J connectivity index is 2.86. The van der Waals surface area contributed by atoms with Crippen LogP contribution in [0.15, 0.2) is 23.1 Å². The van der Waals surface area contributed by atoms with E-state index in [1.165, 1.54) is 0 Å². The average molecular weight is 305 g/mol. The maximum absolute atomic E-state index is 13.5. The molecule has 3 N–H and O–H groups in total. The molecule has 6 nitrogen and oxygen atoms in total. The van der Waals surface area contributed by atoms with E-state index in [9.17, 15) is 17.6 Å². The molecule has 0 amide bonds. The van der Waals surface area contributed by atoms with Crippen LogP contribution in [0, 0.1) is 5.82 Å². The molecule has 0 saturated carbocycles. The smallest absolute Gasteiger partial charge is 0.335 e. The molecule has 0 aromatic heterocycles. The minimum absolute atomic E-state index is 0.0317. The largest absolute Gasteiger partial charge is 0.478 e. The van der Waals surface area contributed by atoms with E-state index in [0.29, 0.717) is 12.8 Å². The first-order chi connectivity index (χ1) is 9.24. The van der Waals surface area contributed by atoms with Crippen LogP contribution in [0.25, 0.3) is 0 Å². The second kappa shape index (κ2) is 6.78. The van der Waals surface area contributed by atoms with Gasteiger partial charge in [-0.3, -0.25) is 0 Å². The van der Waals surface area contributed by atoms with Crippen molar-refractivity contribution in [3.8, 4) is 0 Å². The molecule has 0 saturated heterocycles. The van der Waals surface area contributed by atoms with Gasteiger partial charge in [0.2, 0.25) is 10.0 Å². The Morgan fingerprint density at radius 1 is 1.45 bits per heavy atom. The Morgan fingerprint density at radius 3 is 2.65 bits per heavy atom. The Morgan fingerprint density at radius 2 is 2.10 bits per heavy atom. The average Bonchev–Trinajstić information content (AvgIpc) is 2.34. The first-order valence-corrected chi connectivity index (χ1v) is 7.43. The predicted molar refractivity (Wildman–Crippen MR) is 69.5 cm³/mol. The van der Waals surface area contributed by atoms with Gasteiger partial charge in [-0.05, 0) is 38.0 Å². The highest BCUT2D eigenvalue weighted by atomic mass is 32.2. The molecule has 0 fully saturated rings. The van der Waals surface area contributed by atoms with Crippen LogP contribution < -0.4 is 4.72 Å². The lowest BCUT2D eigenvalue weighted by Crippen LogP contribution is -2.26. The van der Waals surface area contributed by atoms with E-state index in [-0.39, 0.29) is 12.1 Å². The number of aliphatic hydroxyl groups excluding tert-OH is 1. The normalized spacial score (nSPS) is 13.2. The fourth-order valence-electron chi connectivity index (χ4n) is 1.52. The number of halogens is 1. The van der Waals surface area contributed by atoms with Gasteiger partial charge < -0.3 is 10.2 Å². The number of carboxylic acid groups (broad SMARTS) is 1. The summed E-state index contributed by atoms with van der Waals surface area (Å²) in [5, 5.41) is 17.8. The predicted octanol–water partition coefficient (Wildman–Crippen LogP) is 0.963. The molecule has 0 bridgehead atoms. The lowest BCUT2D eigenvalue weighted by Gasteiger charge is -2.09. The van der Waals surface area contributed by atoms with Gasteiger partial charge in [-0.2, -0.15) is 0 Å². The molecule has 1 rings (SSSR count). The molecule has 1 aromatic carbocycles. The van der Waals surface area contributed by atoms with Gasteiger partial charge in [-0.15, -0.1) is 0 Å². The number of carbonyl (C=O) groups is 1. The van der Waals surface area contributed by atoms with Gasteiger partial charge in [0.15, 0.2) is 0 Å². The van der Waals surface area contributed by atoms with E-state index in [2.05, 4.69) is 4.72 Å². The number of hydrogen-bond acceptors (Lipinski definition) is 4. The first kappa shape index (κ1) is 16.5. The topological polar surface area (TPSA) is 104 Å². The number of rotatable bonds is 7. The molecular formula is C12H16FNO5S. The summed E-state index contributed by atoms with van der Waals surface area (Å²) in [6.07, 6.45) is 0.240. The molecule has 0 aliphatic carbocycles. The molecule has 8 heteroatoms. The zero-order valence-corrected chi connectivity index (χ0v) is 11.7. The van der Waals surface area contributed by atoms with E-state index in [4.69, 9.17) is 10.2 Å². The Bertz CT molecular complexity index is 586. The summed E-state index contributed by atoms with van der Waals surface area (Å²) in [7, 11) is -4.11. The van der Waals surface area contributed by atoms with Crippen molar-refractivity contribution in [2.24, 2.45) is 0 Å². The molecule has 20 heavy (non-hydrogen) atoms. The second-order valence-electron chi connectivity index (χ2n) is 4.34. The van der Waals surface area contributed by atoms with Gasteiger partial charge in [0.05, 0.1) is 11.7 Å². The highest BCUT2D eigenvalue weighted by molar-refractivity contribution is 7.89. The Hall–Kier alpha value is -1.51. The zero-order chi connectivity index (χ0) is 15.3. The van der Waals surface area contributed by atoms with Crippen molar-refractivity contribution >= 4 is 16.0 Å². The highest BCUT2D eigenvalue weighted by Crippen LogP contribution is 2.16. The van der Waals surface area contributed by atoms with Crippen molar-refractivity contribution in [3.63, 3.8) is 0 Å². The van der Waals surface area contributed by atoms with Gasteiger partial charge >= 0.3 is 5.97 Å². The SMILES string of the molecule is CC(O)CCCNS(=O)(=O)c1cc(C(=O)O)ccc1F. The van der Waals surface area contributed by atoms with Crippen molar-refractivity contribution in [2.75, 3.05) is 6.54 Å². The fraction of sp³-hybridized carbons (Fsp3) is 0.417. The summed E-state index contributed by atoms with van der Waals surface area (Å²) in [6.45, 7) is 1.61. The summed E-state index contributed by atoms with van der Waals surface area (Å²) in [5.74, 6) is -2.35. The monoisotopic (exact) mass is 305 g/mol. The van der Waals surface area contributed by atoms with Crippen LogP contribution in [0.5, 0.6) is 0 Å². The molecule has 112 valence electrons. The van der Waals surface area contributed by atoms with Gasteiger partial charge in [0, 0.05) is 6.54 Å². The van der Waals surface area contributed by atoms with Crippen LogP contribution in [0.3, 0.4) is 0 Å². The van der Waals surface area contributed by atoms with Crippen LogP contribution in [0.4, 0.5) is 4.39 Å². The summed E-state index contributed by atoms with van der Waals surface area (Å²) < 4.78 is 39.4. The minimum Gasteiger partial charge on any atom is -0.478 e. The third-order valence-corrected chi connectivity index (χ3v) is 4.03. The molecule has 0 heterocycles. The molecule has 0 spiro atoms. The van der Waals surface area contributed by atoms with E-state index in [0.717, 1.165) is 18.2 Å². The van der Waals surface area contributed by atoms with Crippen LogP contribution in [0.1, 0.15) is 30.1 Å². The summed E-state index contributed by atoms with van der Waals surface area (Å²) in [6, 6.07) is 2.56. The van der Waals surface area contributed by atoms with Crippen molar-refractivity contribution < 1.29 is 27.8 Å². The third-order valence-electron chi connectivity index (χ3n) is 2.56. The lowest BCUT2D eigenvalue weighted by molar-refractivity contribution is 0.0696. The van der Waals surface area contributed by atoms with E-state index >= 15 is 0 Å². The van der Waals surface area contributed by atoms with Crippen molar-refractivity contribution in [1.29, 1.82) is 0 Å². The van der Waals surface area contributed by atoms with Gasteiger partial charge in [-0.25, -0.2) is 22.3 Å². The summed E-state index contributed by atoms with van der Waals surface area (Å²) >= 11 is 0. The number of hydrogen-bond donors (Lipinski definition) is 3. The Labute approximate surface area is 116 Å². The molecule has 1 atom stereocenters. The first-order valence-electron chi connectivity index (χ1n) is 5.94. The molecule has 0 radical (unpaired) electrons. The second-order valence-corrected chi connectivity index (χ2v) is 6.07. The molecule has 0 aliphatic rings.